The van der Waals surface area contributed by atoms with Gasteiger partial charge in [0.15, 0.2) is 0 Å². The van der Waals surface area contributed by atoms with Crippen LogP contribution in [-0.2, 0) is 19.4 Å². The van der Waals surface area contributed by atoms with Gasteiger partial charge in [-0.1, -0.05) is 13.0 Å². The topological polar surface area (TPSA) is 102 Å². The van der Waals surface area contributed by atoms with Gasteiger partial charge in [-0.3, -0.25) is 4.90 Å². The fraction of sp³-hybridized carbons (Fsp3) is 0.621. The van der Waals surface area contributed by atoms with E-state index in [1.54, 1.807) is 0 Å². The number of rotatable bonds is 7. The van der Waals surface area contributed by atoms with E-state index in [4.69, 9.17) is 15.7 Å². The molecule has 2 aliphatic heterocycles. The number of nitriles is 1. The summed E-state index contributed by atoms with van der Waals surface area (Å²) < 4.78 is 14.3. The van der Waals surface area contributed by atoms with Gasteiger partial charge in [0.1, 0.15) is 23.9 Å². The van der Waals surface area contributed by atoms with Crippen LogP contribution in [0.1, 0.15) is 91.1 Å². The second kappa shape index (κ2) is 10.2. The SMILES string of the molecule is C[C@H]1CCC(Cc2nc(CC[C@@]34CCCN3CC(F)C4)nc(N(C)C)c2CO)c2c1ccc(N)c2C#N. The number of nitrogens with two attached hydrogens (primary N) is 1. The molecule has 0 amide bonds. The lowest BCUT2D eigenvalue weighted by molar-refractivity contribution is 0.181. The van der Waals surface area contributed by atoms with Gasteiger partial charge in [-0.05, 0) is 80.5 Å². The van der Waals surface area contributed by atoms with Crippen LogP contribution in [0.2, 0.25) is 0 Å². The molecule has 4 atom stereocenters. The van der Waals surface area contributed by atoms with E-state index < -0.39 is 6.17 Å². The zero-order chi connectivity index (χ0) is 26.3. The molecule has 2 fully saturated rings. The van der Waals surface area contributed by atoms with Gasteiger partial charge in [0.05, 0.1) is 17.9 Å². The second-order valence-electron chi connectivity index (χ2n) is 11.5. The van der Waals surface area contributed by atoms with Crippen molar-refractivity contribution in [3.63, 3.8) is 0 Å². The smallest absolute Gasteiger partial charge is 0.137 e. The van der Waals surface area contributed by atoms with E-state index in [0.29, 0.717) is 43.0 Å². The number of hydrogen-bond acceptors (Lipinski definition) is 7. The number of hydrogen-bond donors (Lipinski definition) is 2. The molecule has 7 nitrogen and oxygen atoms in total. The molecule has 198 valence electrons. The number of aromatic nitrogens is 2. The third-order valence-electron chi connectivity index (χ3n) is 9.02. The maximum absolute atomic E-state index is 14.3. The van der Waals surface area contributed by atoms with Gasteiger partial charge < -0.3 is 15.7 Å². The number of aliphatic hydroxyl groups is 1. The summed E-state index contributed by atoms with van der Waals surface area (Å²) in [6, 6.07) is 6.27. The fourth-order valence-corrected chi connectivity index (χ4v) is 7.17. The van der Waals surface area contributed by atoms with Gasteiger partial charge >= 0.3 is 0 Å². The highest BCUT2D eigenvalue weighted by Gasteiger charge is 2.48. The number of anilines is 2. The molecule has 5 rings (SSSR count). The fourth-order valence-electron chi connectivity index (χ4n) is 7.17. The van der Waals surface area contributed by atoms with Crippen molar-refractivity contribution in [3.8, 4) is 6.07 Å². The molecule has 2 aromatic rings. The highest BCUT2D eigenvalue weighted by Crippen LogP contribution is 2.45. The Morgan fingerprint density at radius 3 is 2.84 bits per heavy atom. The third-order valence-corrected chi connectivity index (χ3v) is 9.02. The number of aliphatic hydroxyl groups excluding tert-OH is 1. The monoisotopic (exact) mass is 506 g/mol. The number of alkyl halides is 1. The Hall–Kier alpha value is -2.76. The van der Waals surface area contributed by atoms with Crippen LogP contribution < -0.4 is 10.6 Å². The first-order valence-corrected chi connectivity index (χ1v) is 13.6. The van der Waals surface area contributed by atoms with Gasteiger partial charge in [0.2, 0.25) is 0 Å². The molecule has 3 N–H and O–H groups in total. The molecule has 3 aliphatic rings. The second-order valence-corrected chi connectivity index (χ2v) is 11.5. The van der Waals surface area contributed by atoms with Crippen molar-refractivity contribution >= 4 is 11.5 Å². The molecule has 1 aromatic carbocycles. The molecule has 1 aliphatic carbocycles. The number of fused-ring (bicyclic) bond motifs is 2. The van der Waals surface area contributed by atoms with Crippen molar-refractivity contribution in [2.24, 2.45) is 0 Å². The molecule has 0 saturated carbocycles. The maximum atomic E-state index is 14.3. The zero-order valence-electron chi connectivity index (χ0n) is 22.3. The van der Waals surface area contributed by atoms with Crippen LogP contribution in [0.5, 0.6) is 0 Å². The van der Waals surface area contributed by atoms with Crippen LogP contribution in [0.3, 0.4) is 0 Å². The van der Waals surface area contributed by atoms with Crippen molar-refractivity contribution < 1.29 is 9.50 Å². The Kier molecular flexibility index (Phi) is 7.12. The normalized spacial score (nSPS) is 27.1. The van der Waals surface area contributed by atoms with Gasteiger partial charge in [0, 0.05) is 43.9 Å². The summed E-state index contributed by atoms with van der Waals surface area (Å²) in [6.07, 6.45) is 6.11. The number of nitrogen functional groups attached to an aromatic ring is 1. The van der Waals surface area contributed by atoms with Crippen molar-refractivity contribution in [2.75, 3.05) is 37.8 Å². The van der Waals surface area contributed by atoms with Crippen LogP contribution in [0.25, 0.3) is 0 Å². The Bertz CT molecular complexity index is 1210. The summed E-state index contributed by atoms with van der Waals surface area (Å²) in [6.45, 7) is 3.57. The highest BCUT2D eigenvalue weighted by atomic mass is 19.1. The average Bonchev–Trinajstić information content (AvgIpc) is 3.39. The van der Waals surface area contributed by atoms with Crippen LogP contribution in [-0.4, -0.2) is 58.9 Å². The summed E-state index contributed by atoms with van der Waals surface area (Å²) in [5.41, 5.74) is 11.0. The lowest BCUT2D eigenvalue weighted by Crippen LogP contribution is -2.38. The van der Waals surface area contributed by atoms with E-state index >= 15 is 0 Å². The lowest BCUT2D eigenvalue weighted by Gasteiger charge is -2.32. The summed E-state index contributed by atoms with van der Waals surface area (Å²) in [4.78, 5) is 14.1. The van der Waals surface area contributed by atoms with E-state index in [0.717, 1.165) is 67.1 Å². The maximum Gasteiger partial charge on any atom is 0.137 e. The number of halogens is 1. The predicted octanol–water partition coefficient (Wildman–Crippen LogP) is 4.22. The van der Waals surface area contributed by atoms with E-state index in [2.05, 4.69) is 24.0 Å². The standard InChI is InChI=1S/C29H39FN6O/c1-18-5-6-19(27-21(18)7-8-24(32)22(27)15-31)13-25-23(17-37)28(35(2)3)34-26(33-25)9-11-29-10-4-12-36(29)16-20(30)14-29/h7-8,18-20,37H,4-6,9-14,16-17,32H2,1-3H3/t18-,19?,20?,29+/m0/s1. The van der Waals surface area contributed by atoms with E-state index in [-0.39, 0.29) is 18.1 Å². The third kappa shape index (κ3) is 4.68. The van der Waals surface area contributed by atoms with E-state index in [1.165, 1.54) is 5.56 Å². The highest BCUT2D eigenvalue weighted by molar-refractivity contribution is 5.62. The number of aryl methyl sites for hydroxylation is 1. The van der Waals surface area contributed by atoms with Crippen molar-refractivity contribution in [3.05, 3.63) is 45.9 Å². The summed E-state index contributed by atoms with van der Waals surface area (Å²) in [7, 11) is 3.87. The predicted molar refractivity (Wildman–Crippen MR) is 143 cm³/mol. The zero-order valence-corrected chi connectivity index (χ0v) is 22.3. The van der Waals surface area contributed by atoms with Crippen molar-refractivity contribution in [2.45, 2.75) is 88.4 Å². The van der Waals surface area contributed by atoms with Crippen molar-refractivity contribution in [1.82, 2.24) is 14.9 Å². The molecule has 0 radical (unpaired) electrons. The minimum atomic E-state index is -0.749. The van der Waals surface area contributed by atoms with Crippen LogP contribution >= 0.6 is 0 Å². The number of nitrogens with zero attached hydrogens (tertiary/aromatic N) is 5. The molecular weight excluding hydrogens is 467 g/mol. The van der Waals surface area contributed by atoms with Crippen LogP contribution in [0, 0.1) is 11.3 Å². The van der Waals surface area contributed by atoms with Gasteiger partial charge in [-0.15, -0.1) is 0 Å². The van der Waals surface area contributed by atoms with Gasteiger partial charge in [-0.2, -0.15) is 5.26 Å². The van der Waals surface area contributed by atoms with E-state index in [9.17, 15) is 14.8 Å². The Balaban J connectivity index is 1.49. The molecule has 3 heterocycles. The Morgan fingerprint density at radius 2 is 2.11 bits per heavy atom. The minimum absolute atomic E-state index is 0.0749. The van der Waals surface area contributed by atoms with Gasteiger partial charge in [-0.25, -0.2) is 14.4 Å². The van der Waals surface area contributed by atoms with Gasteiger partial charge in [0.25, 0.3) is 0 Å². The average molecular weight is 507 g/mol. The molecule has 2 saturated heterocycles. The first-order valence-electron chi connectivity index (χ1n) is 13.6. The molecule has 8 heteroatoms. The molecule has 0 spiro atoms. The summed E-state index contributed by atoms with van der Waals surface area (Å²) in [5, 5.41) is 20.3. The van der Waals surface area contributed by atoms with E-state index in [1.807, 2.05) is 25.1 Å². The molecule has 2 unspecified atom stereocenters. The van der Waals surface area contributed by atoms with Crippen LogP contribution in [0.4, 0.5) is 15.9 Å². The minimum Gasteiger partial charge on any atom is -0.398 e. The quantitative estimate of drug-likeness (QED) is 0.542. The molecule has 37 heavy (non-hydrogen) atoms. The summed E-state index contributed by atoms with van der Waals surface area (Å²) >= 11 is 0. The Morgan fingerprint density at radius 1 is 1.30 bits per heavy atom. The number of benzene rings is 1. The van der Waals surface area contributed by atoms with Crippen LogP contribution in [0.15, 0.2) is 12.1 Å². The molecular formula is C29H39FN6O. The van der Waals surface area contributed by atoms with Crippen molar-refractivity contribution in [1.29, 1.82) is 5.26 Å². The molecule has 0 bridgehead atoms. The summed E-state index contributed by atoms with van der Waals surface area (Å²) in [5.74, 6) is 1.94. The first-order chi connectivity index (χ1) is 17.8. The Labute approximate surface area is 219 Å². The lowest BCUT2D eigenvalue weighted by atomic mass is 9.73. The first kappa shape index (κ1) is 25.9. The molecule has 1 aromatic heterocycles. The largest absolute Gasteiger partial charge is 0.398 e.